The smallest absolute Gasteiger partial charge is 0.303 e. The summed E-state index contributed by atoms with van der Waals surface area (Å²) in [5, 5.41) is 2.73. The van der Waals surface area contributed by atoms with Crippen molar-refractivity contribution in [3.63, 3.8) is 0 Å². The van der Waals surface area contributed by atoms with Gasteiger partial charge in [0.05, 0.1) is 0 Å². The van der Waals surface area contributed by atoms with Gasteiger partial charge in [0.1, 0.15) is 0 Å². The predicted molar refractivity (Wildman–Crippen MR) is 65.8 cm³/mol. The van der Waals surface area contributed by atoms with Gasteiger partial charge < -0.3 is 10.1 Å². The maximum Gasteiger partial charge on any atom is 0.303 e. The highest BCUT2D eigenvalue weighted by Crippen LogP contribution is 2.16. The van der Waals surface area contributed by atoms with Crippen LogP contribution >= 0.6 is 0 Å². The molecule has 1 rings (SSSR count). The summed E-state index contributed by atoms with van der Waals surface area (Å²) in [5.74, 6) is -0.791. The minimum atomic E-state index is -0.784. The molecule has 0 bridgehead atoms. The van der Waals surface area contributed by atoms with Gasteiger partial charge in [0.25, 0.3) is 5.91 Å². The van der Waals surface area contributed by atoms with Crippen LogP contribution in [0.3, 0.4) is 0 Å². The van der Waals surface area contributed by atoms with E-state index < -0.39 is 12.1 Å². The molecule has 1 atom stereocenters. The number of carbonyl (C=O) groups is 2. The van der Waals surface area contributed by atoms with E-state index in [1.165, 1.54) is 6.92 Å². The fourth-order valence-electron chi connectivity index (χ4n) is 1.49. The highest BCUT2D eigenvalue weighted by molar-refractivity contribution is 5.95. The number of rotatable bonds is 3. The zero-order chi connectivity index (χ0) is 13.0. The van der Waals surface area contributed by atoms with Gasteiger partial charge in [-0.2, -0.15) is 0 Å². The van der Waals surface area contributed by atoms with Crippen molar-refractivity contribution in [1.29, 1.82) is 0 Å². The summed E-state index contributed by atoms with van der Waals surface area (Å²) < 4.78 is 4.80. The Morgan fingerprint density at radius 1 is 1.29 bits per heavy atom. The molecule has 1 aromatic rings. The standard InChI is InChI=1S/C13H17NO3/c1-8-5-6-12(9(2)7-8)14-13(16)10(3)17-11(4)15/h5-7,10H,1-4H3,(H,14,16)/t10-/m1/s1. The number of carbonyl (C=O) groups excluding carboxylic acids is 2. The van der Waals surface area contributed by atoms with Crippen LogP contribution < -0.4 is 5.32 Å². The van der Waals surface area contributed by atoms with Crippen LogP contribution in [0.4, 0.5) is 5.69 Å². The van der Waals surface area contributed by atoms with Gasteiger partial charge in [-0.1, -0.05) is 17.7 Å². The van der Waals surface area contributed by atoms with Crippen molar-refractivity contribution in [2.75, 3.05) is 5.32 Å². The maximum atomic E-state index is 11.7. The molecule has 1 N–H and O–H groups in total. The van der Waals surface area contributed by atoms with Crippen LogP contribution in [-0.4, -0.2) is 18.0 Å². The van der Waals surface area contributed by atoms with E-state index in [0.717, 1.165) is 16.8 Å². The summed E-state index contributed by atoms with van der Waals surface area (Å²) in [7, 11) is 0. The topological polar surface area (TPSA) is 55.4 Å². The zero-order valence-electron chi connectivity index (χ0n) is 10.5. The van der Waals surface area contributed by atoms with Crippen LogP contribution in [0, 0.1) is 13.8 Å². The second-order valence-electron chi connectivity index (χ2n) is 4.06. The molecule has 0 saturated heterocycles. The molecule has 1 aromatic carbocycles. The van der Waals surface area contributed by atoms with Crippen LogP contribution in [0.1, 0.15) is 25.0 Å². The van der Waals surface area contributed by atoms with E-state index in [9.17, 15) is 9.59 Å². The summed E-state index contributed by atoms with van der Waals surface area (Å²) in [4.78, 5) is 22.4. The normalized spacial score (nSPS) is 11.8. The quantitative estimate of drug-likeness (QED) is 0.817. The average Bonchev–Trinajstić information content (AvgIpc) is 2.21. The molecule has 0 aliphatic heterocycles. The third-order valence-corrected chi connectivity index (χ3v) is 2.35. The Kier molecular flexibility index (Phi) is 4.26. The fraction of sp³-hybridized carbons (Fsp3) is 0.385. The molecule has 1 amide bonds. The maximum absolute atomic E-state index is 11.7. The molecular weight excluding hydrogens is 218 g/mol. The summed E-state index contributed by atoms with van der Waals surface area (Å²) in [6.07, 6.45) is -0.784. The van der Waals surface area contributed by atoms with Crippen molar-refractivity contribution in [2.24, 2.45) is 0 Å². The first-order chi connectivity index (χ1) is 7.90. The van der Waals surface area contributed by atoms with E-state index in [4.69, 9.17) is 4.74 Å². The number of amides is 1. The van der Waals surface area contributed by atoms with Gasteiger partial charge in [0.15, 0.2) is 6.10 Å². The lowest BCUT2D eigenvalue weighted by Gasteiger charge is -2.13. The summed E-state index contributed by atoms with van der Waals surface area (Å²) in [6.45, 7) is 6.72. The van der Waals surface area contributed by atoms with Crippen molar-refractivity contribution in [3.8, 4) is 0 Å². The highest BCUT2D eigenvalue weighted by atomic mass is 16.5. The van der Waals surface area contributed by atoms with Crippen LogP contribution in [0.25, 0.3) is 0 Å². The first-order valence-electron chi connectivity index (χ1n) is 5.45. The van der Waals surface area contributed by atoms with Crippen molar-refractivity contribution in [2.45, 2.75) is 33.8 Å². The third kappa shape index (κ3) is 3.90. The second-order valence-corrected chi connectivity index (χ2v) is 4.06. The minimum Gasteiger partial charge on any atom is -0.453 e. The van der Waals surface area contributed by atoms with E-state index in [-0.39, 0.29) is 5.91 Å². The van der Waals surface area contributed by atoms with E-state index in [1.807, 2.05) is 32.0 Å². The second kappa shape index (κ2) is 5.48. The lowest BCUT2D eigenvalue weighted by atomic mass is 10.1. The molecular formula is C13H17NO3. The number of nitrogens with one attached hydrogen (secondary N) is 1. The van der Waals surface area contributed by atoms with Gasteiger partial charge in [-0.05, 0) is 32.4 Å². The first kappa shape index (κ1) is 13.2. The molecule has 0 unspecified atom stereocenters. The van der Waals surface area contributed by atoms with Crippen molar-refractivity contribution < 1.29 is 14.3 Å². The van der Waals surface area contributed by atoms with Crippen molar-refractivity contribution >= 4 is 17.6 Å². The van der Waals surface area contributed by atoms with Gasteiger partial charge >= 0.3 is 5.97 Å². The van der Waals surface area contributed by atoms with Crippen LogP contribution in [0.5, 0.6) is 0 Å². The Morgan fingerprint density at radius 3 is 2.47 bits per heavy atom. The molecule has 0 radical (unpaired) electrons. The van der Waals surface area contributed by atoms with Crippen molar-refractivity contribution in [3.05, 3.63) is 29.3 Å². The average molecular weight is 235 g/mol. The fourth-order valence-corrected chi connectivity index (χ4v) is 1.49. The highest BCUT2D eigenvalue weighted by Gasteiger charge is 2.16. The number of anilines is 1. The number of ether oxygens (including phenoxy) is 1. The summed E-state index contributed by atoms with van der Waals surface area (Å²) in [6, 6.07) is 5.73. The van der Waals surface area contributed by atoms with Crippen LogP contribution in [-0.2, 0) is 14.3 Å². The van der Waals surface area contributed by atoms with Crippen LogP contribution in [0.15, 0.2) is 18.2 Å². The number of hydrogen-bond acceptors (Lipinski definition) is 3. The Balaban J connectivity index is 2.71. The summed E-state index contributed by atoms with van der Waals surface area (Å²) in [5.41, 5.74) is 2.85. The molecule has 0 aliphatic carbocycles. The lowest BCUT2D eigenvalue weighted by Crippen LogP contribution is -2.29. The monoisotopic (exact) mass is 235 g/mol. The molecule has 0 heterocycles. The van der Waals surface area contributed by atoms with Gasteiger partial charge in [0.2, 0.25) is 0 Å². The Labute approximate surface area is 101 Å². The Bertz CT molecular complexity index is 440. The van der Waals surface area contributed by atoms with E-state index in [1.54, 1.807) is 6.92 Å². The number of hydrogen-bond donors (Lipinski definition) is 1. The van der Waals surface area contributed by atoms with Crippen molar-refractivity contribution in [1.82, 2.24) is 0 Å². The number of esters is 1. The van der Waals surface area contributed by atoms with Gasteiger partial charge in [0, 0.05) is 12.6 Å². The molecule has 4 nitrogen and oxygen atoms in total. The summed E-state index contributed by atoms with van der Waals surface area (Å²) >= 11 is 0. The zero-order valence-corrected chi connectivity index (χ0v) is 10.5. The van der Waals surface area contributed by atoms with Crippen LogP contribution in [0.2, 0.25) is 0 Å². The molecule has 17 heavy (non-hydrogen) atoms. The van der Waals surface area contributed by atoms with E-state index >= 15 is 0 Å². The minimum absolute atomic E-state index is 0.327. The molecule has 0 aromatic heterocycles. The first-order valence-corrected chi connectivity index (χ1v) is 5.45. The van der Waals surface area contributed by atoms with E-state index in [2.05, 4.69) is 5.32 Å². The van der Waals surface area contributed by atoms with Gasteiger partial charge in [-0.25, -0.2) is 0 Å². The molecule has 0 fully saturated rings. The Hall–Kier alpha value is -1.84. The van der Waals surface area contributed by atoms with Gasteiger partial charge in [-0.3, -0.25) is 9.59 Å². The third-order valence-electron chi connectivity index (χ3n) is 2.35. The molecule has 0 spiro atoms. The molecule has 0 saturated carbocycles. The molecule has 92 valence electrons. The van der Waals surface area contributed by atoms with E-state index in [0.29, 0.717) is 0 Å². The number of aryl methyl sites for hydroxylation is 2. The molecule has 4 heteroatoms. The Morgan fingerprint density at radius 2 is 1.94 bits per heavy atom. The predicted octanol–water partition coefficient (Wildman–Crippen LogP) is 2.19. The largest absolute Gasteiger partial charge is 0.453 e. The molecule has 0 aliphatic rings. The van der Waals surface area contributed by atoms with Gasteiger partial charge in [-0.15, -0.1) is 0 Å². The number of benzene rings is 1. The lowest BCUT2D eigenvalue weighted by molar-refractivity contribution is -0.150. The SMILES string of the molecule is CC(=O)O[C@H](C)C(=O)Nc1ccc(C)cc1C.